The zero-order valence-corrected chi connectivity index (χ0v) is 25.1. The molecule has 224 valence electrons. The standard InChI is InChI=1S/C32H38FN3O5S/c1-23-16-18-29(19-17-23)42(39,40)36(27-13-9-14-28(20-27)41-3)22-31(37)35(21-25-10-7-8-15-30(25)33)24(2)32(38)34-26-11-5-4-6-12-26/h7-10,13-20,24,26H,4-6,11-12,21-22H2,1-3H3,(H,34,38). The van der Waals surface area contributed by atoms with Crippen LogP contribution in [-0.2, 0) is 26.2 Å². The van der Waals surface area contributed by atoms with Crippen LogP contribution in [0.4, 0.5) is 10.1 Å². The van der Waals surface area contributed by atoms with Crippen LogP contribution in [0.1, 0.15) is 50.2 Å². The maximum absolute atomic E-state index is 14.7. The smallest absolute Gasteiger partial charge is 0.264 e. The van der Waals surface area contributed by atoms with Gasteiger partial charge in [0.05, 0.1) is 17.7 Å². The van der Waals surface area contributed by atoms with Crippen LogP contribution in [0.25, 0.3) is 0 Å². The number of halogens is 1. The number of hydrogen-bond acceptors (Lipinski definition) is 5. The van der Waals surface area contributed by atoms with E-state index in [1.165, 1.54) is 36.3 Å². The predicted octanol–water partition coefficient (Wildman–Crippen LogP) is 5.20. The molecule has 1 N–H and O–H groups in total. The van der Waals surface area contributed by atoms with Gasteiger partial charge in [-0.3, -0.25) is 13.9 Å². The third kappa shape index (κ3) is 7.47. The lowest BCUT2D eigenvalue weighted by molar-refractivity contribution is -0.139. The number of nitrogens with one attached hydrogen (secondary N) is 1. The summed E-state index contributed by atoms with van der Waals surface area (Å²) >= 11 is 0. The first-order valence-electron chi connectivity index (χ1n) is 14.2. The monoisotopic (exact) mass is 595 g/mol. The quantitative estimate of drug-likeness (QED) is 0.329. The number of rotatable bonds is 11. The molecule has 0 heterocycles. The Hall–Kier alpha value is -3.92. The van der Waals surface area contributed by atoms with Gasteiger partial charge in [0.2, 0.25) is 11.8 Å². The molecule has 4 rings (SSSR count). The molecule has 0 radical (unpaired) electrons. The van der Waals surface area contributed by atoms with Gasteiger partial charge in [-0.15, -0.1) is 0 Å². The summed E-state index contributed by atoms with van der Waals surface area (Å²) in [5, 5.41) is 3.04. The van der Waals surface area contributed by atoms with Gasteiger partial charge in [0.25, 0.3) is 10.0 Å². The lowest BCUT2D eigenvalue weighted by Crippen LogP contribution is -2.53. The number of carbonyl (C=O) groups is 2. The highest BCUT2D eigenvalue weighted by molar-refractivity contribution is 7.92. The van der Waals surface area contributed by atoms with E-state index >= 15 is 0 Å². The molecule has 42 heavy (non-hydrogen) atoms. The van der Waals surface area contributed by atoms with Gasteiger partial charge in [-0.25, -0.2) is 12.8 Å². The Morgan fingerprint density at radius 2 is 1.69 bits per heavy atom. The number of anilines is 1. The van der Waals surface area contributed by atoms with Crippen LogP contribution in [-0.4, -0.2) is 50.9 Å². The Balaban J connectivity index is 1.70. The molecule has 0 aliphatic heterocycles. The molecule has 1 unspecified atom stereocenters. The Kier molecular flexibility index (Phi) is 10.2. The number of carbonyl (C=O) groups excluding carboxylic acids is 2. The minimum absolute atomic E-state index is 0.00691. The number of ether oxygens (including phenoxy) is 1. The molecule has 1 aliphatic carbocycles. The zero-order chi connectivity index (χ0) is 30.3. The van der Waals surface area contributed by atoms with E-state index in [0.29, 0.717) is 5.75 Å². The van der Waals surface area contributed by atoms with Gasteiger partial charge < -0.3 is 15.0 Å². The number of amides is 2. The Bertz CT molecular complexity index is 1490. The molecule has 8 nitrogen and oxygen atoms in total. The second-order valence-electron chi connectivity index (χ2n) is 10.7. The molecule has 3 aromatic rings. The average molecular weight is 596 g/mol. The van der Waals surface area contributed by atoms with Crippen LogP contribution in [0.2, 0.25) is 0 Å². The molecule has 2 amide bonds. The molecule has 1 fully saturated rings. The van der Waals surface area contributed by atoms with Crippen LogP contribution in [0.15, 0.2) is 77.7 Å². The summed E-state index contributed by atoms with van der Waals surface area (Å²) < 4.78 is 49.0. The van der Waals surface area contributed by atoms with Gasteiger partial charge in [0.1, 0.15) is 24.2 Å². The Labute approximate surface area is 247 Å². The molecule has 0 aromatic heterocycles. The fourth-order valence-electron chi connectivity index (χ4n) is 5.09. The molecule has 1 aliphatic rings. The summed E-state index contributed by atoms with van der Waals surface area (Å²) in [7, 11) is -2.75. The van der Waals surface area contributed by atoms with Gasteiger partial charge in [-0.05, 0) is 57.0 Å². The number of sulfonamides is 1. The summed E-state index contributed by atoms with van der Waals surface area (Å²) in [5.41, 5.74) is 1.32. The minimum atomic E-state index is -4.22. The van der Waals surface area contributed by atoms with Crippen molar-refractivity contribution in [2.75, 3.05) is 18.0 Å². The average Bonchev–Trinajstić information content (AvgIpc) is 2.99. The number of nitrogens with zero attached hydrogens (tertiary/aromatic N) is 2. The normalized spacial score (nSPS) is 14.6. The summed E-state index contributed by atoms with van der Waals surface area (Å²) in [6.45, 7) is 2.61. The second kappa shape index (κ2) is 13.8. The topological polar surface area (TPSA) is 96.0 Å². The molecule has 10 heteroatoms. The maximum atomic E-state index is 14.7. The van der Waals surface area contributed by atoms with Crippen molar-refractivity contribution >= 4 is 27.5 Å². The second-order valence-corrected chi connectivity index (χ2v) is 12.5. The van der Waals surface area contributed by atoms with Gasteiger partial charge in [0.15, 0.2) is 0 Å². The summed E-state index contributed by atoms with van der Waals surface area (Å²) in [6.07, 6.45) is 4.87. The summed E-state index contributed by atoms with van der Waals surface area (Å²) in [5.74, 6) is -1.12. The third-order valence-corrected chi connectivity index (χ3v) is 9.43. The van der Waals surface area contributed by atoms with E-state index in [2.05, 4.69) is 5.32 Å². The van der Waals surface area contributed by atoms with Crippen molar-refractivity contribution in [2.24, 2.45) is 0 Å². The maximum Gasteiger partial charge on any atom is 0.264 e. The number of methoxy groups -OCH3 is 1. The molecule has 3 aromatic carbocycles. The molecule has 0 saturated heterocycles. The van der Waals surface area contributed by atoms with Crippen molar-refractivity contribution in [3.05, 3.63) is 89.7 Å². The van der Waals surface area contributed by atoms with Crippen LogP contribution in [0.5, 0.6) is 5.75 Å². The Morgan fingerprint density at radius 3 is 2.36 bits per heavy atom. The van der Waals surface area contributed by atoms with Crippen molar-refractivity contribution in [2.45, 2.75) is 69.5 Å². The molecule has 0 spiro atoms. The van der Waals surface area contributed by atoms with Crippen LogP contribution >= 0.6 is 0 Å². The van der Waals surface area contributed by atoms with E-state index in [4.69, 9.17) is 4.74 Å². The first kappa shape index (κ1) is 31.0. The largest absolute Gasteiger partial charge is 0.497 e. The Morgan fingerprint density at radius 1 is 1.00 bits per heavy atom. The van der Waals surface area contributed by atoms with Crippen LogP contribution in [0, 0.1) is 12.7 Å². The zero-order valence-electron chi connectivity index (χ0n) is 24.3. The first-order valence-corrected chi connectivity index (χ1v) is 15.6. The molecule has 0 bridgehead atoms. The molecular formula is C32H38FN3O5S. The fourth-order valence-corrected chi connectivity index (χ4v) is 6.50. The highest BCUT2D eigenvalue weighted by Crippen LogP contribution is 2.28. The highest BCUT2D eigenvalue weighted by Gasteiger charge is 2.33. The van der Waals surface area contributed by atoms with Gasteiger partial charge in [-0.1, -0.05) is 61.2 Å². The fraction of sp³-hybridized carbons (Fsp3) is 0.375. The molecule has 1 saturated carbocycles. The summed E-state index contributed by atoms with van der Waals surface area (Å²) in [4.78, 5) is 28.7. The summed E-state index contributed by atoms with van der Waals surface area (Å²) in [6, 6.07) is 17.8. The van der Waals surface area contributed by atoms with Gasteiger partial charge >= 0.3 is 0 Å². The molecule has 1 atom stereocenters. The third-order valence-electron chi connectivity index (χ3n) is 7.65. The first-order chi connectivity index (χ1) is 20.1. The van der Waals surface area contributed by atoms with Crippen LogP contribution < -0.4 is 14.4 Å². The van der Waals surface area contributed by atoms with E-state index in [0.717, 1.165) is 42.0 Å². The van der Waals surface area contributed by atoms with Gasteiger partial charge in [-0.2, -0.15) is 0 Å². The lowest BCUT2D eigenvalue weighted by Gasteiger charge is -2.33. The predicted molar refractivity (Wildman–Crippen MR) is 160 cm³/mol. The van der Waals surface area contributed by atoms with Crippen molar-refractivity contribution < 1.29 is 27.1 Å². The number of benzene rings is 3. The van der Waals surface area contributed by atoms with Crippen molar-refractivity contribution in [1.82, 2.24) is 10.2 Å². The minimum Gasteiger partial charge on any atom is -0.497 e. The van der Waals surface area contributed by atoms with E-state index in [1.54, 1.807) is 55.5 Å². The number of hydrogen-bond donors (Lipinski definition) is 1. The van der Waals surface area contributed by atoms with E-state index in [9.17, 15) is 22.4 Å². The van der Waals surface area contributed by atoms with E-state index in [1.807, 2.05) is 6.92 Å². The molecular weight excluding hydrogens is 557 g/mol. The van der Waals surface area contributed by atoms with Crippen LogP contribution in [0.3, 0.4) is 0 Å². The van der Waals surface area contributed by atoms with Crippen molar-refractivity contribution in [3.8, 4) is 5.75 Å². The van der Waals surface area contributed by atoms with Crippen molar-refractivity contribution in [1.29, 1.82) is 0 Å². The lowest BCUT2D eigenvalue weighted by atomic mass is 9.95. The number of aryl methyl sites for hydroxylation is 1. The van der Waals surface area contributed by atoms with E-state index < -0.39 is 34.3 Å². The van der Waals surface area contributed by atoms with Gasteiger partial charge in [0, 0.05) is 24.2 Å². The van der Waals surface area contributed by atoms with E-state index in [-0.39, 0.29) is 34.6 Å². The van der Waals surface area contributed by atoms with Crippen molar-refractivity contribution in [3.63, 3.8) is 0 Å². The highest BCUT2D eigenvalue weighted by atomic mass is 32.2. The SMILES string of the molecule is COc1cccc(N(CC(=O)N(Cc2ccccc2F)C(C)C(=O)NC2CCCCC2)S(=O)(=O)c2ccc(C)cc2)c1.